The van der Waals surface area contributed by atoms with E-state index in [4.69, 9.17) is 0 Å². The third kappa shape index (κ3) is 3.74. The Morgan fingerprint density at radius 2 is 2.00 bits per heavy atom. The Labute approximate surface area is 90.2 Å². The molecule has 86 valence electrons. The SMILES string of the molecule is CC1CCN(S(=O)(=O)CCN=C=O)CC1. The van der Waals surface area contributed by atoms with Crippen molar-refractivity contribution in [1.82, 2.24) is 4.31 Å². The normalized spacial score (nSPS) is 19.8. The van der Waals surface area contributed by atoms with Crippen LogP contribution in [0.25, 0.3) is 0 Å². The van der Waals surface area contributed by atoms with E-state index >= 15 is 0 Å². The fraction of sp³-hybridized carbons (Fsp3) is 0.889. The average Bonchev–Trinajstić information content (AvgIpc) is 2.18. The zero-order valence-electron chi connectivity index (χ0n) is 8.85. The molecule has 15 heavy (non-hydrogen) atoms. The maximum absolute atomic E-state index is 11.7. The maximum atomic E-state index is 11.7. The van der Waals surface area contributed by atoms with Gasteiger partial charge in [-0.15, -0.1) is 0 Å². The van der Waals surface area contributed by atoms with Gasteiger partial charge < -0.3 is 0 Å². The van der Waals surface area contributed by atoms with Crippen LogP contribution in [-0.2, 0) is 14.8 Å². The topological polar surface area (TPSA) is 66.8 Å². The van der Waals surface area contributed by atoms with E-state index in [2.05, 4.69) is 11.9 Å². The van der Waals surface area contributed by atoms with Gasteiger partial charge in [0.05, 0.1) is 12.3 Å². The fourth-order valence-corrected chi connectivity index (χ4v) is 2.95. The summed E-state index contributed by atoms with van der Waals surface area (Å²) in [5.74, 6) is 0.515. The number of hydrogen-bond acceptors (Lipinski definition) is 4. The maximum Gasteiger partial charge on any atom is 0.234 e. The molecule has 5 nitrogen and oxygen atoms in total. The van der Waals surface area contributed by atoms with Gasteiger partial charge in [0.25, 0.3) is 0 Å². The van der Waals surface area contributed by atoms with Crippen molar-refractivity contribution in [2.24, 2.45) is 10.9 Å². The second kappa shape index (κ2) is 5.39. The first kappa shape index (κ1) is 12.4. The standard InChI is InChI=1S/C9H16N2O3S/c1-9-2-5-11(6-3-9)15(13,14)7-4-10-8-12/h9H,2-7H2,1H3. The van der Waals surface area contributed by atoms with E-state index in [9.17, 15) is 13.2 Å². The van der Waals surface area contributed by atoms with E-state index in [1.165, 1.54) is 10.4 Å². The van der Waals surface area contributed by atoms with Crippen LogP contribution >= 0.6 is 0 Å². The summed E-state index contributed by atoms with van der Waals surface area (Å²) in [4.78, 5) is 13.1. The lowest BCUT2D eigenvalue weighted by molar-refractivity contribution is 0.288. The predicted molar refractivity (Wildman–Crippen MR) is 56.7 cm³/mol. The van der Waals surface area contributed by atoms with Crippen molar-refractivity contribution < 1.29 is 13.2 Å². The van der Waals surface area contributed by atoms with Gasteiger partial charge in [-0.25, -0.2) is 22.5 Å². The monoisotopic (exact) mass is 232 g/mol. The molecule has 0 bridgehead atoms. The molecule has 0 spiro atoms. The molecule has 0 aromatic carbocycles. The van der Waals surface area contributed by atoms with Crippen molar-refractivity contribution in [3.05, 3.63) is 0 Å². The average molecular weight is 232 g/mol. The number of sulfonamides is 1. The summed E-state index contributed by atoms with van der Waals surface area (Å²) in [7, 11) is -3.22. The van der Waals surface area contributed by atoms with E-state index in [1.54, 1.807) is 0 Å². The van der Waals surface area contributed by atoms with Crippen LogP contribution in [0.3, 0.4) is 0 Å². The fourth-order valence-electron chi connectivity index (χ4n) is 1.60. The number of nitrogens with zero attached hydrogens (tertiary/aromatic N) is 2. The van der Waals surface area contributed by atoms with Crippen molar-refractivity contribution >= 4 is 16.1 Å². The van der Waals surface area contributed by atoms with E-state index < -0.39 is 10.0 Å². The molecule has 1 rings (SSSR count). The largest absolute Gasteiger partial charge is 0.234 e. The molecule has 0 radical (unpaired) electrons. The van der Waals surface area contributed by atoms with Gasteiger partial charge >= 0.3 is 0 Å². The summed E-state index contributed by atoms with van der Waals surface area (Å²) >= 11 is 0. The first-order chi connectivity index (χ1) is 7.06. The highest BCUT2D eigenvalue weighted by atomic mass is 32.2. The minimum Gasteiger partial charge on any atom is -0.212 e. The van der Waals surface area contributed by atoms with Crippen molar-refractivity contribution in [1.29, 1.82) is 0 Å². The van der Waals surface area contributed by atoms with Crippen LogP contribution in [0.15, 0.2) is 4.99 Å². The molecule has 0 aliphatic carbocycles. The Morgan fingerprint density at radius 1 is 1.40 bits per heavy atom. The molecule has 0 unspecified atom stereocenters. The molecule has 1 saturated heterocycles. The van der Waals surface area contributed by atoms with Crippen LogP contribution in [0.4, 0.5) is 0 Å². The van der Waals surface area contributed by atoms with E-state index in [1.807, 2.05) is 0 Å². The van der Waals surface area contributed by atoms with Gasteiger partial charge in [-0.2, -0.15) is 0 Å². The van der Waals surface area contributed by atoms with Crippen LogP contribution in [0, 0.1) is 5.92 Å². The lowest BCUT2D eigenvalue weighted by Crippen LogP contribution is -2.39. The van der Waals surface area contributed by atoms with Crippen molar-refractivity contribution in [2.75, 3.05) is 25.4 Å². The summed E-state index contributed by atoms with van der Waals surface area (Å²) in [6.45, 7) is 3.32. The molecule has 0 amide bonds. The second-order valence-corrected chi connectivity index (χ2v) is 5.96. The van der Waals surface area contributed by atoms with Gasteiger partial charge in [0.1, 0.15) is 0 Å². The van der Waals surface area contributed by atoms with E-state index in [0.29, 0.717) is 19.0 Å². The number of rotatable bonds is 4. The molecule has 1 aliphatic rings. The molecular formula is C9H16N2O3S. The van der Waals surface area contributed by atoms with Crippen LogP contribution < -0.4 is 0 Å². The summed E-state index contributed by atoms with van der Waals surface area (Å²) in [6.07, 6.45) is 3.17. The zero-order valence-corrected chi connectivity index (χ0v) is 9.66. The number of carbonyl (C=O) groups excluding carboxylic acids is 1. The van der Waals surface area contributed by atoms with Crippen LogP contribution in [0.2, 0.25) is 0 Å². The number of piperidine rings is 1. The first-order valence-corrected chi connectivity index (χ1v) is 6.68. The highest BCUT2D eigenvalue weighted by Gasteiger charge is 2.25. The molecule has 0 aromatic heterocycles. The summed E-state index contributed by atoms with van der Waals surface area (Å²) < 4.78 is 24.9. The smallest absolute Gasteiger partial charge is 0.212 e. The molecule has 0 atom stereocenters. The second-order valence-electron chi connectivity index (χ2n) is 3.87. The van der Waals surface area contributed by atoms with Gasteiger partial charge in [0.15, 0.2) is 0 Å². The van der Waals surface area contributed by atoms with E-state index in [0.717, 1.165) is 12.8 Å². The van der Waals surface area contributed by atoms with Crippen molar-refractivity contribution in [3.63, 3.8) is 0 Å². The lowest BCUT2D eigenvalue weighted by Gasteiger charge is -2.29. The quantitative estimate of drug-likeness (QED) is 0.520. The third-order valence-corrected chi connectivity index (χ3v) is 4.51. The molecular weight excluding hydrogens is 216 g/mol. The van der Waals surface area contributed by atoms with Gasteiger partial charge in [-0.1, -0.05) is 6.92 Å². The number of aliphatic imine (C=N–C) groups is 1. The summed E-state index contributed by atoms with van der Waals surface area (Å²) in [5, 5.41) is 0. The van der Waals surface area contributed by atoms with Crippen molar-refractivity contribution in [3.8, 4) is 0 Å². The third-order valence-electron chi connectivity index (χ3n) is 2.66. The Kier molecular flexibility index (Phi) is 4.45. The summed E-state index contributed by atoms with van der Waals surface area (Å²) in [6, 6.07) is 0. The van der Waals surface area contributed by atoms with E-state index in [-0.39, 0.29) is 12.3 Å². The van der Waals surface area contributed by atoms with Crippen LogP contribution in [0.5, 0.6) is 0 Å². The molecule has 0 N–H and O–H groups in total. The Bertz CT molecular complexity index is 338. The molecule has 6 heteroatoms. The van der Waals surface area contributed by atoms with Gasteiger partial charge in [0, 0.05) is 13.1 Å². The Balaban J connectivity index is 2.50. The minimum absolute atomic E-state index is 0.0118. The van der Waals surface area contributed by atoms with Gasteiger partial charge in [0.2, 0.25) is 16.1 Å². The number of isocyanates is 1. The highest BCUT2D eigenvalue weighted by Crippen LogP contribution is 2.18. The number of hydrogen-bond donors (Lipinski definition) is 0. The minimum atomic E-state index is -3.22. The molecule has 1 aliphatic heterocycles. The molecule has 0 aromatic rings. The zero-order chi connectivity index (χ0) is 11.3. The first-order valence-electron chi connectivity index (χ1n) is 5.07. The molecule has 0 saturated carbocycles. The van der Waals surface area contributed by atoms with Crippen LogP contribution in [0.1, 0.15) is 19.8 Å². The highest BCUT2D eigenvalue weighted by molar-refractivity contribution is 7.89. The molecule has 1 fully saturated rings. The van der Waals surface area contributed by atoms with Crippen LogP contribution in [-0.4, -0.2) is 44.2 Å². The predicted octanol–water partition coefficient (Wildman–Crippen LogP) is 0.384. The molecule has 1 heterocycles. The van der Waals surface area contributed by atoms with Gasteiger partial charge in [-0.3, -0.25) is 0 Å². The Hall–Kier alpha value is -0.710. The van der Waals surface area contributed by atoms with Crippen molar-refractivity contribution in [2.45, 2.75) is 19.8 Å². The Morgan fingerprint density at radius 3 is 2.53 bits per heavy atom. The van der Waals surface area contributed by atoms with Gasteiger partial charge in [-0.05, 0) is 18.8 Å². The lowest BCUT2D eigenvalue weighted by atomic mass is 10.0. The summed E-state index contributed by atoms with van der Waals surface area (Å²) in [5.41, 5.74) is 0.